The van der Waals surface area contributed by atoms with Crippen molar-refractivity contribution in [3.63, 3.8) is 0 Å². The van der Waals surface area contributed by atoms with Crippen LogP contribution in [0.2, 0.25) is 0 Å². The molecule has 20 heavy (non-hydrogen) atoms. The highest BCUT2D eigenvalue weighted by Crippen LogP contribution is 2.31. The van der Waals surface area contributed by atoms with Gasteiger partial charge in [-0.1, -0.05) is 25.0 Å². The Balaban J connectivity index is 2.20. The van der Waals surface area contributed by atoms with Crippen molar-refractivity contribution in [2.75, 3.05) is 27.4 Å². The first kappa shape index (κ1) is 14.9. The van der Waals surface area contributed by atoms with Crippen LogP contribution in [0.25, 0.3) is 0 Å². The fourth-order valence-electron chi connectivity index (χ4n) is 2.79. The second-order valence-electron chi connectivity index (χ2n) is 5.16. The third-order valence-corrected chi connectivity index (χ3v) is 3.84. The molecule has 110 valence electrons. The monoisotopic (exact) mass is 277 g/mol. The largest absolute Gasteiger partial charge is 0.497 e. The molecule has 1 amide bonds. The average molecular weight is 277 g/mol. The van der Waals surface area contributed by atoms with Crippen LogP contribution in [-0.4, -0.2) is 38.2 Å². The van der Waals surface area contributed by atoms with Gasteiger partial charge in [0.15, 0.2) is 0 Å². The van der Waals surface area contributed by atoms with Crippen molar-refractivity contribution in [1.82, 2.24) is 4.90 Å². The highest BCUT2D eigenvalue weighted by molar-refractivity contribution is 5.78. The zero-order chi connectivity index (χ0) is 14.4. The normalized spacial score (nSPS) is 19.5. The van der Waals surface area contributed by atoms with Crippen molar-refractivity contribution in [1.29, 1.82) is 0 Å². The number of methoxy groups -OCH3 is 2. The maximum Gasteiger partial charge on any atom is 0.249 e. The molecule has 0 aromatic heterocycles. The van der Waals surface area contributed by atoms with Gasteiger partial charge in [0.1, 0.15) is 12.4 Å². The smallest absolute Gasteiger partial charge is 0.249 e. The summed E-state index contributed by atoms with van der Waals surface area (Å²) in [6.45, 7) is 0.978. The number of hydrogen-bond acceptors (Lipinski definition) is 3. The number of carbonyl (C=O) groups excluding carboxylic acids is 1. The summed E-state index contributed by atoms with van der Waals surface area (Å²) in [5, 5.41) is 0. The molecule has 0 unspecified atom stereocenters. The van der Waals surface area contributed by atoms with Gasteiger partial charge in [0.25, 0.3) is 0 Å². The van der Waals surface area contributed by atoms with Crippen LogP contribution in [0.15, 0.2) is 24.3 Å². The minimum absolute atomic E-state index is 0.0789. The fourth-order valence-corrected chi connectivity index (χ4v) is 2.79. The molecule has 1 aliphatic heterocycles. The SMILES string of the molecule is COCC(=O)N1CCCCC[C@H]1c1ccc(OC)cc1. The van der Waals surface area contributed by atoms with Crippen molar-refractivity contribution in [2.45, 2.75) is 31.7 Å². The van der Waals surface area contributed by atoms with Gasteiger partial charge in [0, 0.05) is 13.7 Å². The van der Waals surface area contributed by atoms with E-state index in [1.54, 1.807) is 14.2 Å². The first-order chi connectivity index (χ1) is 9.76. The Kier molecular flexibility index (Phi) is 5.41. The molecule has 2 rings (SSSR count). The lowest BCUT2D eigenvalue weighted by Gasteiger charge is -2.30. The molecule has 0 radical (unpaired) electrons. The molecule has 4 heteroatoms. The maximum absolute atomic E-state index is 12.2. The van der Waals surface area contributed by atoms with E-state index in [9.17, 15) is 4.79 Å². The van der Waals surface area contributed by atoms with Crippen LogP contribution >= 0.6 is 0 Å². The summed E-state index contributed by atoms with van der Waals surface area (Å²) in [5.41, 5.74) is 1.18. The van der Waals surface area contributed by atoms with E-state index in [1.165, 1.54) is 12.0 Å². The highest BCUT2D eigenvalue weighted by Gasteiger charge is 2.26. The molecule has 1 aliphatic rings. The summed E-state index contributed by atoms with van der Waals surface area (Å²) in [7, 11) is 3.23. The van der Waals surface area contributed by atoms with E-state index in [0.29, 0.717) is 0 Å². The number of benzene rings is 1. The van der Waals surface area contributed by atoms with Crippen molar-refractivity contribution < 1.29 is 14.3 Å². The van der Waals surface area contributed by atoms with Crippen molar-refractivity contribution in [3.8, 4) is 5.75 Å². The predicted octanol–water partition coefficient (Wildman–Crippen LogP) is 2.79. The van der Waals surface area contributed by atoms with E-state index in [2.05, 4.69) is 12.1 Å². The van der Waals surface area contributed by atoms with Crippen LogP contribution in [0.1, 0.15) is 37.3 Å². The Labute approximate surface area is 120 Å². The Bertz CT molecular complexity index is 430. The van der Waals surface area contributed by atoms with Gasteiger partial charge in [-0.25, -0.2) is 0 Å². The van der Waals surface area contributed by atoms with Gasteiger partial charge in [-0.05, 0) is 30.5 Å². The third-order valence-electron chi connectivity index (χ3n) is 3.84. The first-order valence-electron chi connectivity index (χ1n) is 7.18. The van der Waals surface area contributed by atoms with E-state index in [0.717, 1.165) is 31.6 Å². The molecule has 1 heterocycles. The second-order valence-corrected chi connectivity index (χ2v) is 5.16. The number of likely N-dealkylation sites (tertiary alicyclic amines) is 1. The summed E-state index contributed by atoms with van der Waals surface area (Å²) in [5.74, 6) is 0.923. The molecule has 0 bridgehead atoms. The maximum atomic E-state index is 12.2. The molecular weight excluding hydrogens is 254 g/mol. The molecule has 0 N–H and O–H groups in total. The molecule has 0 spiro atoms. The lowest BCUT2D eigenvalue weighted by molar-refractivity contribution is -0.137. The summed E-state index contributed by atoms with van der Waals surface area (Å²) in [6, 6.07) is 8.19. The minimum Gasteiger partial charge on any atom is -0.497 e. The van der Waals surface area contributed by atoms with Crippen LogP contribution in [0, 0.1) is 0 Å². The molecular formula is C16H23NO3. The van der Waals surface area contributed by atoms with E-state index in [1.807, 2.05) is 17.0 Å². The number of amides is 1. The number of hydrogen-bond donors (Lipinski definition) is 0. The van der Waals surface area contributed by atoms with Gasteiger partial charge in [-0.15, -0.1) is 0 Å². The molecule has 1 saturated heterocycles. The van der Waals surface area contributed by atoms with Crippen LogP contribution < -0.4 is 4.74 Å². The number of ether oxygens (including phenoxy) is 2. The standard InChI is InChI=1S/C16H23NO3/c1-19-12-16(18)17-11-5-3-4-6-15(17)13-7-9-14(20-2)10-8-13/h7-10,15H,3-6,11-12H2,1-2H3/t15-/m0/s1. The lowest BCUT2D eigenvalue weighted by Crippen LogP contribution is -2.37. The van der Waals surface area contributed by atoms with Gasteiger partial charge < -0.3 is 14.4 Å². The molecule has 0 saturated carbocycles. The Morgan fingerprint density at radius 3 is 2.60 bits per heavy atom. The highest BCUT2D eigenvalue weighted by atomic mass is 16.5. The summed E-state index contributed by atoms with van der Waals surface area (Å²) in [4.78, 5) is 14.2. The molecule has 1 atom stereocenters. The lowest BCUT2D eigenvalue weighted by atomic mass is 10.0. The molecule has 1 aromatic carbocycles. The van der Waals surface area contributed by atoms with Crippen molar-refractivity contribution in [2.24, 2.45) is 0 Å². The fraction of sp³-hybridized carbons (Fsp3) is 0.562. The van der Waals surface area contributed by atoms with Crippen LogP contribution in [0.4, 0.5) is 0 Å². The second kappa shape index (κ2) is 7.29. The van der Waals surface area contributed by atoms with E-state index in [-0.39, 0.29) is 18.6 Å². The van der Waals surface area contributed by atoms with Gasteiger partial charge in [0.2, 0.25) is 5.91 Å². The van der Waals surface area contributed by atoms with Gasteiger partial charge >= 0.3 is 0 Å². The molecule has 0 aliphatic carbocycles. The van der Waals surface area contributed by atoms with Gasteiger partial charge in [-0.3, -0.25) is 4.79 Å². The molecule has 1 fully saturated rings. The minimum atomic E-state index is 0.0789. The average Bonchev–Trinajstić information content (AvgIpc) is 2.73. The number of carbonyl (C=O) groups is 1. The van der Waals surface area contributed by atoms with Crippen molar-refractivity contribution >= 4 is 5.91 Å². The third kappa shape index (κ3) is 3.51. The van der Waals surface area contributed by atoms with Crippen LogP contribution in [0.5, 0.6) is 5.75 Å². The molecule has 4 nitrogen and oxygen atoms in total. The van der Waals surface area contributed by atoms with Gasteiger partial charge in [-0.2, -0.15) is 0 Å². The number of rotatable bonds is 4. The summed E-state index contributed by atoms with van der Waals surface area (Å²) < 4.78 is 10.2. The Hall–Kier alpha value is -1.55. The molecule has 1 aromatic rings. The van der Waals surface area contributed by atoms with E-state index in [4.69, 9.17) is 9.47 Å². The quantitative estimate of drug-likeness (QED) is 0.849. The van der Waals surface area contributed by atoms with E-state index >= 15 is 0 Å². The van der Waals surface area contributed by atoms with Crippen molar-refractivity contribution in [3.05, 3.63) is 29.8 Å². The zero-order valence-electron chi connectivity index (χ0n) is 12.3. The summed E-state index contributed by atoms with van der Waals surface area (Å²) >= 11 is 0. The van der Waals surface area contributed by atoms with Gasteiger partial charge in [0.05, 0.1) is 13.2 Å². The zero-order valence-corrected chi connectivity index (χ0v) is 12.3. The van der Waals surface area contributed by atoms with Crippen LogP contribution in [0.3, 0.4) is 0 Å². The Morgan fingerprint density at radius 2 is 1.95 bits per heavy atom. The topological polar surface area (TPSA) is 38.8 Å². The Morgan fingerprint density at radius 1 is 1.20 bits per heavy atom. The predicted molar refractivity (Wildman–Crippen MR) is 77.8 cm³/mol. The summed E-state index contributed by atoms with van der Waals surface area (Å²) in [6.07, 6.45) is 4.43. The number of nitrogens with zero attached hydrogens (tertiary/aromatic N) is 1. The van der Waals surface area contributed by atoms with Crippen LogP contribution in [-0.2, 0) is 9.53 Å². The van der Waals surface area contributed by atoms with E-state index < -0.39 is 0 Å². The first-order valence-corrected chi connectivity index (χ1v) is 7.18.